The summed E-state index contributed by atoms with van der Waals surface area (Å²) in [5.74, 6) is 2.05. The fourth-order valence-electron chi connectivity index (χ4n) is 3.99. The predicted octanol–water partition coefficient (Wildman–Crippen LogP) is 5.28. The molecule has 0 bridgehead atoms. The number of carboxylic acid groups (broad SMARTS) is 1. The molecule has 0 radical (unpaired) electrons. The number of aromatic nitrogens is 1. The zero-order valence-electron chi connectivity index (χ0n) is 20.7. The number of anilines is 1. The number of aliphatic carboxylic acids is 1. The van der Waals surface area contributed by atoms with Gasteiger partial charge in [-0.15, -0.1) is 0 Å². The fraction of sp³-hybridized carbons (Fsp3) is 0.444. The summed E-state index contributed by atoms with van der Waals surface area (Å²) >= 11 is 0. The van der Waals surface area contributed by atoms with E-state index in [-0.39, 0.29) is 30.8 Å². The van der Waals surface area contributed by atoms with Crippen molar-refractivity contribution in [1.82, 2.24) is 9.88 Å². The predicted molar refractivity (Wildman–Crippen MR) is 134 cm³/mol. The van der Waals surface area contributed by atoms with E-state index in [0.29, 0.717) is 17.3 Å². The van der Waals surface area contributed by atoms with Gasteiger partial charge in [-0.05, 0) is 61.9 Å². The molecule has 1 aliphatic rings. The molecule has 1 fully saturated rings. The average Bonchev–Trinajstić information content (AvgIpc) is 3.62. The number of rotatable bonds is 11. The van der Waals surface area contributed by atoms with Crippen molar-refractivity contribution < 1.29 is 23.8 Å². The van der Waals surface area contributed by atoms with Gasteiger partial charge in [-0.3, -0.25) is 9.59 Å². The van der Waals surface area contributed by atoms with Gasteiger partial charge in [0.2, 0.25) is 0 Å². The third-order valence-corrected chi connectivity index (χ3v) is 6.40. The van der Waals surface area contributed by atoms with Crippen LogP contribution in [-0.4, -0.2) is 47.1 Å². The molecule has 0 spiro atoms. The Morgan fingerprint density at radius 3 is 2.66 bits per heavy atom. The normalized spacial score (nSPS) is 14.2. The molecule has 35 heavy (non-hydrogen) atoms. The lowest BCUT2D eigenvalue weighted by Gasteiger charge is -2.22. The molecule has 2 heterocycles. The van der Waals surface area contributed by atoms with Crippen LogP contribution in [0.15, 0.2) is 40.9 Å². The first-order chi connectivity index (χ1) is 16.7. The number of ether oxygens (including phenoxy) is 1. The SMILES string of the molecule is Cc1c(C(Nc2ccc(C(=O)N(C)CCC(=O)O)cn2)C(C)C)oc2ccc(OCC3CC3)cc12. The number of hydrogen-bond donors (Lipinski definition) is 2. The number of benzene rings is 1. The molecular formula is C27H33N3O5. The summed E-state index contributed by atoms with van der Waals surface area (Å²) in [6.07, 6.45) is 3.91. The van der Waals surface area contributed by atoms with Crippen molar-refractivity contribution in [3.05, 3.63) is 53.4 Å². The van der Waals surface area contributed by atoms with Gasteiger partial charge in [-0.1, -0.05) is 13.8 Å². The molecule has 2 aromatic heterocycles. The highest BCUT2D eigenvalue weighted by atomic mass is 16.5. The van der Waals surface area contributed by atoms with Gasteiger partial charge < -0.3 is 24.5 Å². The van der Waals surface area contributed by atoms with Crippen molar-refractivity contribution in [2.75, 3.05) is 25.5 Å². The largest absolute Gasteiger partial charge is 0.493 e. The number of carboxylic acids is 1. The molecule has 8 nitrogen and oxygen atoms in total. The third kappa shape index (κ3) is 5.93. The van der Waals surface area contributed by atoms with Crippen molar-refractivity contribution >= 4 is 28.7 Å². The Labute approximate surface area is 205 Å². The lowest BCUT2D eigenvalue weighted by Crippen LogP contribution is -2.29. The number of aryl methyl sites for hydroxylation is 1. The molecule has 1 aliphatic carbocycles. The number of furan rings is 1. The summed E-state index contributed by atoms with van der Waals surface area (Å²) in [5.41, 5.74) is 2.29. The summed E-state index contributed by atoms with van der Waals surface area (Å²) in [7, 11) is 1.58. The summed E-state index contributed by atoms with van der Waals surface area (Å²) in [5, 5.41) is 13.3. The van der Waals surface area contributed by atoms with Crippen LogP contribution in [0.2, 0.25) is 0 Å². The van der Waals surface area contributed by atoms with E-state index in [4.69, 9.17) is 14.3 Å². The number of fused-ring (bicyclic) bond motifs is 1. The van der Waals surface area contributed by atoms with Crippen LogP contribution in [0.25, 0.3) is 11.0 Å². The van der Waals surface area contributed by atoms with Crippen LogP contribution in [0.5, 0.6) is 5.75 Å². The van der Waals surface area contributed by atoms with E-state index in [1.54, 1.807) is 19.2 Å². The molecule has 0 aliphatic heterocycles. The van der Waals surface area contributed by atoms with E-state index in [1.807, 2.05) is 12.1 Å². The molecule has 0 saturated heterocycles. The second kappa shape index (κ2) is 10.4. The summed E-state index contributed by atoms with van der Waals surface area (Å²) in [6.45, 7) is 7.20. The van der Waals surface area contributed by atoms with Crippen LogP contribution in [0.4, 0.5) is 5.82 Å². The smallest absolute Gasteiger partial charge is 0.305 e. The maximum Gasteiger partial charge on any atom is 0.305 e. The Balaban J connectivity index is 1.49. The number of carbonyl (C=O) groups excluding carboxylic acids is 1. The van der Waals surface area contributed by atoms with Crippen molar-refractivity contribution in [3.8, 4) is 5.75 Å². The van der Waals surface area contributed by atoms with Gasteiger partial charge in [0.1, 0.15) is 22.9 Å². The van der Waals surface area contributed by atoms with E-state index < -0.39 is 5.97 Å². The quantitative estimate of drug-likeness (QED) is 0.385. The van der Waals surface area contributed by atoms with E-state index in [0.717, 1.165) is 34.6 Å². The van der Waals surface area contributed by atoms with Gasteiger partial charge in [-0.25, -0.2) is 4.98 Å². The van der Waals surface area contributed by atoms with Crippen LogP contribution < -0.4 is 10.1 Å². The summed E-state index contributed by atoms with van der Waals surface area (Å²) < 4.78 is 12.2. The molecule has 4 rings (SSSR count). The number of amides is 1. The Morgan fingerprint density at radius 1 is 1.26 bits per heavy atom. The highest BCUT2D eigenvalue weighted by molar-refractivity contribution is 5.94. The second-order valence-corrected chi connectivity index (χ2v) is 9.67. The minimum Gasteiger partial charge on any atom is -0.493 e. The standard InChI is InChI=1S/C27H33N3O5/c1-16(2)25(29-23-10-7-19(14-28-23)27(33)30(4)12-11-24(31)32)26-17(3)21-13-20(8-9-22(21)35-26)34-15-18-5-6-18/h7-10,13-14,16,18,25H,5-6,11-12,15H2,1-4H3,(H,28,29)(H,31,32). The maximum absolute atomic E-state index is 12.5. The van der Waals surface area contributed by atoms with Crippen LogP contribution in [0.1, 0.15) is 60.8 Å². The zero-order chi connectivity index (χ0) is 25.1. The monoisotopic (exact) mass is 479 g/mol. The maximum atomic E-state index is 12.5. The minimum atomic E-state index is -0.940. The van der Waals surface area contributed by atoms with Crippen molar-refractivity contribution in [1.29, 1.82) is 0 Å². The molecule has 186 valence electrons. The number of nitrogens with one attached hydrogen (secondary N) is 1. The molecule has 3 aromatic rings. The van der Waals surface area contributed by atoms with E-state index in [9.17, 15) is 9.59 Å². The highest BCUT2D eigenvalue weighted by Crippen LogP contribution is 2.37. The van der Waals surface area contributed by atoms with Gasteiger partial charge >= 0.3 is 5.97 Å². The van der Waals surface area contributed by atoms with Crippen molar-refractivity contribution in [2.24, 2.45) is 11.8 Å². The van der Waals surface area contributed by atoms with Gasteiger partial charge in [0.15, 0.2) is 0 Å². The topological polar surface area (TPSA) is 105 Å². The number of nitrogens with zero attached hydrogens (tertiary/aromatic N) is 2. The van der Waals surface area contributed by atoms with Crippen LogP contribution in [-0.2, 0) is 4.79 Å². The first kappa shape index (κ1) is 24.6. The number of carbonyl (C=O) groups is 2. The molecule has 1 unspecified atom stereocenters. The van der Waals surface area contributed by atoms with Crippen molar-refractivity contribution in [2.45, 2.75) is 46.1 Å². The number of pyridine rings is 1. The lowest BCUT2D eigenvalue weighted by atomic mass is 9.98. The Morgan fingerprint density at radius 2 is 2.03 bits per heavy atom. The molecule has 1 atom stereocenters. The molecule has 1 amide bonds. The van der Waals surface area contributed by atoms with Gasteiger partial charge in [0, 0.05) is 30.7 Å². The lowest BCUT2D eigenvalue weighted by molar-refractivity contribution is -0.137. The Bertz CT molecular complexity index is 1200. The van der Waals surface area contributed by atoms with E-state index >= 15 is 0 Å². The van der Waals surface area contributed by atoms with Crippen LogP contribution in [0.3, 0.4) is 0 Å². The first-order valence-corrected chi connectivity index (χ1v) is 12.1. The molecular weight excluding hydrogens is 446 g/mol. The Hall–Kier alpha value is -3.55. The molecule has 8 heteroatoms. The van der Waals surface area contributed by atoms with E-state index in [2.05, 4.69) is 37.1 Å². The summed E-state index contributed by atoms with van der Waals surface area (Å²) in [6, 6.07) is 9.31. The Kier molecular flexibility index (Phi) is 7.28. The highest BCUT2D eigenvalue weighted by Gasteiger charge is 2.25. The van der Waals surface area contributed by atoms with Crippen molar-refractivity contribution in [3.63, 3.8) is 0 Å². The van der Waals surface area contributed by atoms with Gasteiger partial charge in [0.25, 0.3) is 5.91 Å². The first-order valence-electron chi connectivity index (χ1n) is 12.1. The van der Waals surface area contributed by atoms with Crippen LogP contribution >= 0.6 is 0 Å². The second-order valence-electron chi connectivity index (χ2n) is 9.67. The van der Waals surface area contributed by atoms with E-state index in [1.165, 1.54) is 23.9 Å². The minimum absolute atomic E-state index is 0.101. The zero-order valence-corrected chi connectivity index (χ0v) is 20.7. The number of hydrogen-bond acceptors (Lipinski definition) is 6. The third-order valence-electron chi connectivity index (χ3n) is 6.40. The van der Waals surface area contributed by atoms with Gasteiger partial charge in [0.05, 0.1) is 24.6 Å². The van der Waals surface area contributed by atoms with Gasteiger partial charge in [-0.2, -0.15) is 0 Å². The molecule has 1 saturated carbocycles. The molecule has 2 N–H and O–H groups in total. The fourth-order valence-corrected chi connectivity index (χ4v) is 3.99. The molecule has 1 aromatic carbocycles. The summed E-state index contributed by atoms with van der Waals surface area (Å²) in [4.78, 5) is 29.1. The van der Waals surface area contributed by atoms with Crippen LogP contribution in [0, 0.1) is 18.8 Å². The average molecular weight is 480 g/mol.